The lowest BCUT2D eigenvalue weighted by Crippen LogP contribution is -2.47. The molecule has 0 atom stereocenters. The Kier molecular flexibility index (Phi) is 7.56. The highest BCUT2D eigenvalue weighted by Crippen LogP contribution is 2.46. The van der Waals surface area contributed by atoms with Crippen molar-refractivity contribution in [3.8, 4) is 28.2 Å². The van der Waals surface area contributed by atoms with E-state index in [4.69, 9.17) is 11.6 Å². The second kappa shape index (κ2) is 10.7. The Morgan fingerprint density at radius 2 is 1.62 bits per heavy atom. The quantitative estimate of drug-likeness (QED) is 0.224. The largest absolute Gasteiger partial charge is 0.478 e. The van der Waals surface area contributed by atoms with Crippen LogP contribution >= 0.6 is 11.6 Å². The zero-order valence-corrected chi connectivity index (χ0v) is 22.3. The third-order valence-corrected chi connectivity index (χ3v) is 7.75. The van der Waals surface area contributed by atoms with E-state index in [0.717, 1.165) is 5.56 Å². The van der Waals surface area contributed by atoms with E-state index in [1.54, 1.807) is 48.5 Å². The number of hydrogen-bond donors (Lipinski definition) is 2. The molecule has 1 aliphatic carbocycles. The highest BCUT2D eigenvalue weighted by atomic mass is 35.5. The standard InChI is InChI=1S/C29H22ClF6N3O3/c30-19-8-9-20(18-6-4-16(5-7-18)17-10-12-27(42,13-11-17)29(34,35)36)21(14-19)23-2-1-3-24(38-23)39-25(28(31,32)33)22(15-37-39)26(40)41/h1-9,14-15,17,42H,10-13H2,(H,40,41). The van der Waals surface area contributed by atoms with Crippen molar-refractivity contribution in [2.75, 3.05) is 0 Å². The number of aromatic nitrogens is 3. The Hall–Kier alpha value is -3.90. The molecule has 13 heteroatoms. The van der Waals surface area contributed by atoms with Gasteiger partial charge in [-0.3, -0.25) is 0 Å². The molecule has 0 radical (unpaired) electrons. The minimum atomic E-state index is -5.02. The maximum absolute atomic E-state index is 13.8. The van der Waals surface area contributed by atoms with Gasteiger partial charge in [0.15, 0.2) is 17.1 Å². The van der Waals surface area contributed by atoms with Gasteiger partial charge in [-0.15, -0.1) is 0 Å². The summed E-state index contributed by atoms with van der Waals surface area (Å²) in [5.41, 5.74) is -2.28. The Balaban J connectivity index is 1.47. The van der Waals surface area contributed by atoms with Crippen molar-refractivity contribution in [3.63, 3.8) is 0 Å². The fourth-order valence-electron chi connectivity index (χ4n) is 5.27. The molecule has 2 aromatic heterocycles. The summed E-state index contributed by atoms with van der Waals surface area (Å²) in [6.45, 7) is 0. The van der Waals surface area contributed by atoms with E-state index >= 15 is 0 Å². The van der Waals surface area contributed by atoms with Crippen LogP contribution in [-0.4, -0.2) is 42.7 Å². The summed E-state index contributed by atoms with van der Waals surface area (Å²) in [5.74, 6) is -2.20. The zero-order valence-electron chi connectivity index (χ0n) is 21.5. The fraction of sp³-hybridized carbons (Fsp3) is 0.276. The first kappa shape index (κ1) is 29.6. The number of aliphatic hydroxyl groups is 1. The lowest BCUT2D eigenvalue weighted by atomic mass is 9.75. The second-order valence-electron chi connectivity index (χ2n) is 10.1. The number of pyridine rings is 1. The topological polar surface area (TPSA) is 88.2 Å². The molecular weight excluding hydrogens is 588 g/mol. The number of carboxylic acid groups (broad SMARTS) is 1. The number of hydrogen-bond acceptors (Lipinski definition) is 4. The van der Waals surface area contributed by atoms with Gasteiger partial charge in [0.2, 0.25) is 0 Å². The predicted octanol–water partition coefficient (Wildman–Crippen LogP) is 7.92. The minimum absolute atomic E-state index is 0.155. The molecule has 5 rings (SSSR count). The summed E-state index contributed by atoms with van der Waals surface area (Å²) < 4.78 is 81.3. The summed E-state index contributed by atoms with van der Waals surface area (Å²) in [5, 5.41) is 23.2. The summed E-state index contributed by atoms with van der Waals surface area (Å²) in [4.78, 5) is 15.7. The first-order chi connectivity index (χ1) is 19.7. The molecule has 6 nitrogen and oxygen atoms in total. The molecule has 0 aliphatic heterocycles. The molecule has 1 aliphatic rings. The van der Waals surface area contributed by atoms with Gasteiger partial charge in [-0.2, -0.15) is 31.4 Å². The maximum atomic E-state index is 13.8. The number of carbonyl (C=O) groups is 1. The van der Waals surface area contributed by atoms with Gasteiger partial charge in [0.1, 0.15) is 5.56 Å². The molecule has 0 unspecified atom stereocenters. The van der Waals surface area contributed by atoms with Crippen molar-refractivity contribution in [3.05, 3.63) is 88.7 Å². The van der Waals surface area contributed by atoms with Crippen LogP contribution in [0.25, 0.3) is 28.2 Å². The van der Waals surface area contributed by atoms with Crippen molar-refractivity contribution in [1.29, 1.82) is 0 Å². The predicted molar refractivity (Wildman–Crippen MR) is 141 cm³/mol. The van der Waals surface area contributed by atoms with Crippen LogP contribution in [0.2, 0.25) is 5.02 Å². The number of rotatable bonds is 5. The average Bonchev–Trinajstić information content (AvgIpc) is 3.40. The molecule has 220 valence electrons. The van der Waals surface area contributed by atoms with Gasteiger partial charge in [-0.1, -0.05) is 48.0 Å². The zero-order chi connectivity index (χ0) is 30.4. The van der Waals surface area contributed by atoms with Crippen LogP contribution in [0.15, 0.2) is 66.9 Å². The van der Waals surface area contributed by atoms with Crippen LogP contribution in [0.1, 0.15) is 53.2 Å². The normalized spacial score (nSPS) is 19.6. The number of benzene rings is 2. The lowest BCUT2D eigenvalue weighted by Gasteiger charge is -2.37. The van der Waals surface area contributed by atoms with Crippen molar-refractivity contribution < 1.29 is 41.4 Å². The first-order valence-electron chi connectivity index (χ1n) is 12.7. The Bertz CT molecular complexity index is 1630. The molecule has 2 aromatic carbocycles. The van der Waals surface area contributed by atoms with E-state index in [1.165, 1.54) is 12.1 Å². The summed E-state index contributed by atoms with van der Waals surface area (Å²) in [6.07, 6.45) is -9.50. The second-order valence-corrected chi connectivity index (χ2v) is 10.6. The van der Waals surface area contributed by atoms with E-state index in [1.807, 2.05) is 0 Å². The van der Waals surface area contributed by atoms with Gasteiger partial charge in [0.25, 0.3) is 0 Å². The van der Waals surface area contributed by atoms with Crippen molar-refractivity contribution >= 4 is 17.6 Å². The molecular formula is C29H22ClF6N3O3. The first-order valence-corrected chi connectivity index (χ1v) is 13.1. The minimum Gasteiger partial charge on any atom is -0.478 e. The summed E-state index contributed by atoms with van der Waals surface area (Å²) >= 11 is 6.26. The maximum Gasteiger partial charge on any atom is 0.434 e. The molecule has 1 fully saturated rings. The number of halogens is 7. The number of nitrogens with zero attached hydrogens (tertiary/aromatic N) is 3. The van der Waals surface area contributed by atoms with Crippen LogP contribution in [0, 0.1) is 0 Å². The lowest BCUT2D eigenvalue weighted by molar-refractivity contribution is -0.270. The van der Waals surface area contributed by atoms with E-state index in [0.29, 0.717) is 32.6 Å². The van der Waals surface area contributed by atoms with E-state index in [-0.39, 0.29) is 43.1 Å². The van der Waals surface area contributed by atoms with Gasteiger partial charge in [0, 0.05) is 10.6 Å². The summed E-state index contributed by atoms with van der Waals surface area (Å²) in [7, 11) is 0. The monoisotopic (exact) mass is 609 g/mol. The van der Waals surface area contributed by atoms with Gasteiger partial charge in [-0.05, 0) is 72.6 Å². The highest BCUT2D eigenvalue weighted by molar-refractivity contribution is 6.31. The molecule has 0 saturated heterocycles. The van der Waals surface area contributed by atoms with E-state index in [9.17, 15) is 41.4 Å². The SMILES string of the molecule is O=C(O)c1cnn(-c2cccc(-c3cc(Cl)ccc3-c3ccc(C4CCC(O)(C(F)(F)F)CC4)cc3)n2)c1C(F)(F)F. The summed E-state index contributed by atoms with van der Waals surface area (Å²) in [6, 6.07) is 16.4. The molecule has 0 spiro atoms. The van der Waals surface area contributed by atoms with Crippen molar-refractivity contribution in [2.24, 2.45) is 0 Å². The van der Waals surface area contributed by atoms with Crippen LogP contribution in [-0.2, 0) is 6.18 Å². The molecule has 0 amide bonds. The van der Waals surface area contributed by atoms with Gasteiger partial charge >= 0.3 is 18.3 Å². The highest BCUT2D eigenvalue weighted by Gasteiger charge is 2.54. The number of carboxylic acids is 1. The van der Waals surface area contributed by atoms with Gasteiger partial charge in [-0.25, -0.2) is 14.5 Å². The molecule has 42 heavy (non-hydrogen) atoms. The van der Waals surface area contributed by atoms with Crippen molar-refractivity contribution in [2.45, 2.75) is 49.6 Å². The molecule has 2 N–H and O–H groups in total. The Labute approximate surface area is 240 Å². The van der Waals surface area contributed by atoms with Crippen LogP contribution < -0.4 is 0 Å². The van der Waals surface area contributed by atoms with Gasteiger partial charge in [0.05, 0.1) is 11.9 Å². The molecule has 2 heterocycles. The average molecular weight is 610 g/mol. The third kappa shape index (κ3) is 5.60. The van der Waals surface area contributed by atoms with Crippen LogP contribution in [0.3, 0.4) is 0 Å². The van der Waals surface area contributed by atoms with Crippen LogP contribution in [0.4, 0.5) is 26.3 Å². The molecule has 1 saturated carbocycles. The van der Waals surface area contributed by atoms with Crippen LogP contribution in [0.5, 0.6) is 0 Å². The number of aromatic carboxylic acids is 1. The Morgan fingerprint density at radius 1 is 0.952 bits per heavy atom. The van der Waals surface area contributed by atoms with E-state index < -0.39 is 35.2 Å². The smallest absolute Gasteiger partial charge is 0.434 e. The Morgan fingerprint density at radius 3 is 2.21 bits per heavy atom. The third-order valence-electron chi connectivity index (χ3n) is 7.51. The van der Waals surface area contributed by atoms with Gasteiger partial charge < -0.3 is 10.2 Å². The molecule has 4 aromatic rings. The van der Waals surface area contributed by atoms with E-state index in [2.05, 4.69) is 10.1 Å². The van der Waals surface area contributed by atoms with Crippen molar-refractivity contribution in [1.82, 2.24) is 14.8 Å². The fourth-order valence-corrected chi connectivity index (χ4v) is 5.44. The molecule has 0 bridgehead atoms. The number of alkyl halides is 6.